The summed E-state index contributed by atoms with van der Waals surface area (Å²) >= 11 is 2.18. The lowest BCUT2D eigenvalue weighted by Gasteiger charge is -2.13. The molecule has 0 spiro atoms. The molecule has 3 rings (SSSR count). The summed E-state index contributed by atoms with van der Waals surface area (Å²) < 4.78 is 17.5. The van der Waals surface area contributed by atoms with Crippen molar-refractivity contribution in [2.24, 2.45) is 4.99 Å². The first kappa shape index (κ1) is 22.1. The van der Waals surface area contributed by atoms with Gasteiger partial charge in [-0.05, 0) is 82.5 Å². The van der Waals surface area contributed by atoms with Crippen LogP contribution in [0, 0.1) is 3.57 Å². The molecule has 0 radical (unpaired) electrons. The van der Waals surface area contributed by atoms with E-state index in [0.717, 1.165) is 20.3 Å². The molecule has 5 nitrogen and oxygen atoms in total. The Morgan fingerprint density at radius 2 is 1.97 bits per heavy atom. The molecule has 6 heteroatoms. The van der Waals surface area contributed by atoms with E-state index in [9.17, 15) is 4.79 Å². The van der Waals surface area contributed by atoms with Crippen LogP contribution in [-0.4, -0.2) is 25.6 Å². The average molecular weight is 517 g/mol. The number of rotatable bonds is 7. The lowest BCUT2D eigenvalue weighted by Crippen LogP contribution is -2.05. The molecule has 2 aromatic rings. The monoisotopic (exact) mass is 517 g/mol. The Labute approximate surface area is 190 Å². The zero-order chi connectivity index (χ0) is 21.8. The van der Waals surface area contributed by atoms with E-state index in [-0.39, 0.29) is 5.70 Å². The molecule has 0 atom stereocenters. The number of nitrogens with zero attached hydrogens (tertiary/aromatic N) is 1. The summed E-state index contributed by atoms with van der Waals surface area (Å²) in [5, 5.41) is 0. The Balaban J connectivity index is 1.89. The molecule has 1 aliphatic rings. The van der Waals surface area contributed by atoms with Crippen LogP contribution < -0.4 is 9.47 Å². The molecule has 0 unspecified atom stereocenters. The van der Waals surface area contributed by atoms with Crippen LogP contribution in [0.1, 0.15) is 43.4 Å². The van der Waals surface area contributed by atoms with E-state index >= 15 is 0 Å². The molecule has 1 aliphatic heterocycles. The minimum absolute atomic E-state index is 0.242. The fourth-order valence-corrected chi connectivity index (χ4v) is 3.64. The maximum atomic E-state index is 12.3. The molecular formula is C24H24INO4. The molecule has 0 saturated heterocycles. The largest absolute Gasteiger partial charge is 0.493 e. The predicted octanol–water partition coefficient (Wildman–Crippen LogP) is 5.72. The molecule has 0 aromatic heterocycles. The third kappa shape index (κ3) is 5.11. The number of methoxy groups -OCH3 is 1. The highest BCUT2D eigenvalue weighted by atomic mass is 127. The number of ether oxygens (including phenoxy) is 3. The average Bonchev–Trinajstić information content (AvgIpc) is 3.07. The Morgan fingerprint density at radius 3 is 2.57 bits per heavy atom. The van der Waals surface area contributed by atoms with E-state index in [4.69, 9.17) is 14.2 Å². The molecule has 0 fully saturated rings. The zero-order valence-corrected chi connectivity index (χ0v) is 19.6. The molecule has 30 heavy (non-hydrogen) atoms. The van der Waals surface area contributed by atoms with Crippen molar-refractivity contribution < 1.29 is 19.0 Å². The van der Waals surface area contributed by atoms with Gasteiger partial charge in [0.1, 0.15) is 6.61 Å². The van der Waals surface area contributed by atoms with E-state index in [1.54, 1.807) is 19.3 Å². The maximum Gasteiger partial charge on any atom is 0.363 e. The second kappa shape index (κ2) is 9.47. The first-order valence-electron chi connectivity index (χ1n) is 9.56. The minimum atomic E-state index is -0.477. The molecule has 1 heterocycles. The summed E-state index contributed by atoms with van der Waals surface area (Å²) in [5.41, 5.74) is 3.91. The van der Waals surface area contributed by atoms with Gasteiger partial charge in [0.05, 0.1) is 10.7 Å². The molecule has 2 aromatic carbocycles. The van der Waals surface area contributed by atoms with Crippen LogP contribution in [0.4, 0.5) is 0 Å². The quantitative estimate of drug-likeness (QED) is 0.204. The van der Waals surface area contributed by atoms with Crippen LogP contribution >= 0.6 is 22.6 Å². The number of carbonyl (C=O) groups is 1. The summed E-state index contributed by atoms with van der Waals surface area (Å²) in [6.45, 7) is 10.4. The maximum absolute atomic E-state index is 12.3. The number of halogens is 1. The van der Waals surface area contributed by atoms with E-state index < -0.39 is 5.97 Å². The van der Waals surface area contributed by atoms with Crippen molar-refractivity contribution in [3.63, 3.8) is 0 Å². The van der Waals surface area contributed by atoms with E-state index in [0.29, 0.717) is 29.9 Å². The van der Waals surface area contributed by atoms with Crippen molar-refractivity contribution >= 4 is 40.5 Å². The highest BCUT2D eigenvalue weighted by Crippen LogP contribution is 2.35. The molecule has 0 saturated carbocycles. The van der Waals surface area contributed by atoms with E-state index in [1.807, 2.05) is 37.3 Å². The molecule has 156 valence electrons. The summed E-state index contributed by atoms with van der Waals surface area (Å²) in [6, 6.07) is 11.6. The van der Waals surface area contributed by atoms with Gasteiger partial charge in [0, 0.05) is 5.56 Å². The van der Waals surface area contributed by atoms with Gasteiger partial charge in [-0.2, -0.15) is 0 Å². The first-order chi connectivity index (χ1) is 14.3. The van der Waals surface area contributed by atoms with Gasteiger partial charge in [0.25, 0.3) is 0 Å². The van der Waals surface area contributed by atoms with Crippen LogP contribution in [0.2, 0.25) is 0 Å². The summed E-state index contributed by atoms with van der Waals surface area (Å²) in [6.07, 6.45) is 1.69. The minimum Gasteiger partial charge on any atom is -0.493 e. The predicted molar refractivity (Wildman–Crippen MR) is 127 cm³/mol. The third-order valence-electron chi connectivity index (χ3n) is 4.46. The zero-order valence-electron chi connectivity index (χ0n) is 17.5. The highest BCUT2D eigenvalue weighted by Gasteiger charge is 2.24. The van der Waals surface area contributed by atoms with Gasteiger partial charge >= 0.3 is 5.97 Å². The van der Waals surface area contributed by atoms with Gasteiger partial charge < -0.3 is 14.2 Å². The second-order valence-corrected chi connectivity index (χ2v) is 8.55. The van der Waals surface area contributed by atoms with Crippen LogP contribution in [0.3, 0.4) is 0 Å². The van der Waals surface area contributed by atoms with Crippen molar-refractivity contribution in [3.8, 4) is 11.5 Å². The second-order valence-electron chi connectivity index (χ2n) is 7.39. The van der Waals surface area contributed by atoms with Crippen molar-refractivity contribution in [1.29, 1.82) is 0 Å². The number of carbonyl (C=O) groups excluding carboxylic acids is 1. The summed E-state index contributed by atoms with van der Waals surface area (Å²) in [5.74, 6) is 1.49. The standard InChI is InChI=1S/C24H24INO4/c1-14(2)13-29-22-19(25)10-16(12-21(22)28-5)11-20-24(27)30-23(26-20)18-8-6-17(7-9-18)15(3)4/h6-12,15H,1,13H2,2-5H3/b20-11-. The number of cyclic esters (lactones) is 1. The molecular weight excluding hydrogens is 493 g/mol. The van der Waals surface area contributed by atoms with Gasteiger partial charge in [-0.15, -0.1) is 0 Å². The molecule has 0 aliphatic carbocycles. The number of hydrogen-bond acceptors (Lipinski definition) is 5. The van der Waals surface area contributed by atoms with Gasteiger partial charge in [0.2, 0.25) is 5.90 Å². The SMILES string of the molecule is C=C(C)COc1c(I)cc(/C=C2\N=C(c3ccc(C(C)C)cc3)OC2=O)cc1OC. The molecule has 0 N–H and O–H groups in total. The number of hydrogen-bond donors (Lipinski definition) is 0. The number of aliphatic imine (C=N–C) groups is 1. The van der Waals surface area contributed by atoms with E-state index in [2.05, 4.69) is 48.0 Å². The van der Waals surface area contributed by atoms with Crippen molar-refractivity contribution in [2.75, 3.05) is 13.7 Å². The Hall–Kier alpha value is -2.61. The van der Waals surface area contributed by atoms with Gasteiger partial charge in [-0.25, -0.2) is 9.79 Å². The lowest BCUT2D eigenvalue weighted by atomic mass is 10.0. The number of esters is 1. The highest BCUT2D eigenvalue weighted by molar-refractivity contribution is 14.1. The summed E-state index contributed by atoms with van der Waals surface area (Å²) in [4.78, 5) is 16.7. The normalized spacial score (nSPS) is 14.7. The Kier molecular flexibility index (Phi) is 6.97. The fourth-order valence-electron chi connectivity index (χ4n) is 2.86. The van der Waals surface area contributed by atoms with Gasteiger partial charge in [-0.1, -0.05) is 32.6 Å². The third-order valence-corrected chi connectivity index (χ3v) is 5.26. The van der Waals surface area contributed by atoms with Crippen molar-refractivity contribution in [3.05, 3.63) is 74.5 Å². The van der Waals surface area contributed by atoms with Gasteiger partial charge in [-0.3, -0.25) is 0 Å². The Morgan fingerprint density at radius 1 is 1.27 bits per heavy atom. The number of benzene rings is 2. The lowest BCUT2D eigenvalue weighted by molar-refractivity contribution is -0.129. The first-order valence-corrected chi connectivity index (χ1v) is 10.6. The fraction of sp³-hybridized carbons (Fsp3) is 0.250. The van der Waals surface area contributed by atoms with Crippen LogP contribution in [-0.2, 0) is 9.53 Å². The van der Waals surface area contributed by atoms with Crippen LogP contribution in [0.5, 0.6) is 11.5 Å². The molecule has 0 amide bonds. The van der Waals surface area contributed by atoms with Crippen LogP contribution in [0.25, 0.3) is 6.08 Å². The Bertz CT molecular complexity index is 1040. The van der Waals surface area contributed by atoms with Crippen molar-refractivity contribution in [1.82, 2.24) is 0 Å². The molecule has 0 bridgehead atoms. The van der Waals surface area contributed by atoms with Crippen molar-refractivity contribution in [2.45, 2.75) is 26.7 Å². The van der Waals surface area contributed by atoms with Crippen LogP contribution in [0.15, 0.2) is 59.2 Å². The smallest absolute Gasteiger partial charge is 0.363 e. The van der Waals surface area contributed by atoms with E-state index in [1.165, 1.54) is 5.56 Å². The topological polar surface area (TPSA) is 57.1 Å². The summed E-state index contributed by atoms with van der Waals surface area (Å²) in [7, 11) is 1.58. The van der Waals surface area contributed by atoms with Gasteiger partial charge in [0.15, 0.2) is 17.2 Å².